The molecule has 4 heteroatoms. The lowest BCUT2D eigenvalue weighted by Gasteiger charge is -2.37. The summed E-state index contributed by atoms with van der Waals surface area (Å²) in [6.07, 6.45) is 0.902. The van der Waals surface area contributed by atoms with Crippen molar-refractivity contribution in [2.24, 2.45) is 5.92 Å². The van der Waals surface area contributed by atoms with E-state index >= 15 is 0 Å². The quantitative estimate of drug-likeness (QED) is 0.737. The van der Waals surface area contributed by atoms with Gasteiger partial charge in [-0.1, -0.05) is 43.6 Å². The van der Waals surface area contributed by atoms with E-state index in [1.165, 1.54) is 17.2 Å². The van der Waals surface area contributed by atoms with Crippen LogP contribution in [0.2, 0.25) is 5.02 Å². The van der Waals surface area contributed by atoms with Crippen molar-refractivity contribution in [1.29, 1.82) is 0 Å². The van der Waals surface area contributed by atoms with Crippen molar-refractivity contribution in [2.45, 2.75) is 38.3 Å². The van der Waals surface area contributed by atoms with Crippen LogP contribution in [-0.2, 0) is 4.74 Å². The first-order chi connectivity index (χ1) is 11.6. The lowest BCUT2D eigenvalue weighted by Crippen LogP contribution is -2.30. The summed E-state index contributed by atoms with van der Waals surface area (Å²) in [5.41, 5.74) is 4.06. The number of nitrogens with one attached hydrogen (secondary N) is 1. The minimum Gasteiger partial charge on any atom is -0.377 e. The summed E-state index contributed by atoms with van der Waals surface area (Å²) in [5, 5.41) is 4.00. The van der Waals surface area contributed by atoms with Gasteiger partial charge in [-0.3, -0.25) is 0 Å². The maximum atomic E-state index is 14.5. The Balaban J connectivity index is 1.81. The molecule has 1 fully saturated rings. The van der Waals surface area contributed by atoms with E-state index in [1.807, 2.05) is 0 Å². The molecular formula is C20H21ClFNO. The number of fused-ring (bicyclic) bond motifs is 3. The molecule has 0 bridgehead atoms. The van der Waals surface area contributed by atoms with Gasteiger partial charge < -0.3 is 10.1 Å². The zero-order chi connectivity index (χ0) is 16.8. The van der Waals surface area contributed by atoms with Gasteiger partial charge in [-0.2, -0.15) is 0 Å². The Hall–Kier alpha value is -1.58. The van der Waals surface area contributed by atoms with Gasteiger partial charge in [-0.25, -0.2) is 4.39 Å². The summed E-state index contributed by atoms with van der Waals surface area (Å²) < 4.78 is 20.5. The van der Waals surface area contributed by atoms with Crippen LogP contribution in [-0.4, -0.2) is 6.61 Å². The van der Waals surface area contributed by atoms with E-state index in [1.54, 1.807) is 12.1 Å². The molecule has 1 saturated heterocycles. The Labute approximate surface area is 147 Å². The van der Waals surface area contributed by atoms with Crippen molar-refractivity contribution in [3.63, 3.8) is 0 Å². The van der Waals surface area contributed by atoms with E-state index in [-0.39, 0.29) is 23.9 Å². The van der Waals surface area contributed by atoms with Crippen molar-refractivity contribution in [3.05, 3.63) is 63.9 Å². The van der Waals surface area contributed by atoms with Crippen LogP contribution < -0.4 is 5.32 Å². The van der Waals surface area contributed by atoms with Crippen molar-refractivity contribution in [3.8, 4) is 0 Å². The summed E-state index contributed by atoms with van der Waals surface area (Å²) in [6, 6.07) is 11.2. The molecule has 2 aliphatic rings. The number of rotatable bonds is 2. The number of benzene rings is 2. The highest BCUT2D eigenvalue weighted by Crippen LogP contribution is 2.51. The second-order valence-corrected chi connectivity index (χ2v) is 7.41. The molecule has 2 nitrogen and oxygen atoms in total. The molecule has 0 radical (unpaired) electrons. The highest BCUT2D eigenvalue weighted by Gasteiger charge is 2.43. The summed E-state index contributed by atoms with van der Waals surface area (Å²) in [7, 11) is 0. The Bertz CT molecular complexity index is 756. The fourth-order valence-electron chi connectivity index (χ4n) is 3.94. The molecule has 2 aliphatic heterocycles. The maximum Gasteiger partial charge on any atom is 0.129 e. The molecule has 4 rings (SSSR count). The maximum absolute atomic E-state index is 14.5. The van der Waals surface area contributed by atoms with E-state index in [0.29, 0.717) is 23.1 Å². The van der Waals surface area contributed by atoms with Gasteiger partial charge in [-0.15, -0.1) is 0 Å². The average Bonchev–Trinajstić information content (AvgIpc) is 3.04. The van der Waals surface area contributed by atoms with Crippen molar-refractivity contribution in [2.75, 3.05) is 11.9 Å². The summed E-state index contributed by atoms with van der Waals surface area (Å²) in [5.74, 6) is 0.399. The van der Waals surface area contributed by atoms with Crippen LogP contribution >= 0.6 is 11.6 Å². The third-order valence-electron chi connectivity index (χ3n) is 5.24. The number of hydrogen-bond donors (Lipinski definition) is 1. The van der Waals surface area contributed by atoms with Gasteiger partial charge in [0.15, 0.2) is 0 Å². The monoisotopic (exact) mass is 345 g/mol. The van der Waals surface area contributed by atoms with Crippen LogP contribution in [0.5, 0.6) is 0 Å². The normalized spacial score (nSPS) is 25.3. The molecule has 24 heavy (non-hydrogen) atoms. The molecule has 2 heterocycles. The Kier molecular flexibility index (Phi) is 4.01. The molecule has 126 valence electrons. The number of hydrogen-bond acceptors (Lipinski definition) is 2. The lowest BCUT2D eigenvalue weighted by atomic mass is 9.80. The minimum absolute atomic E-state index is 0.000577. The lowest BCUT2D eigenvalue weighted by molar-refractivity contribution is 0.0825. The number of ether oxygens (including phenoxy) is 1. The van der Waals surface area contributed by atoms with E-state index in [4.69, 9.17) is 16.3 Å². The number of anilines is 1. The molecule has 2 aromatic carbocycles. The van der Waals surface area contributed by atoms with Crippen LogP contribution in [0, 0.1) is 11.7 Å². The van der Waals surface area contributed by atoms with Gasteiger partial charge in [0.25, 0.3) is 0 Å². The first-order valence-electron chi connectivity index (χ1n) is 8.52. The number of halogens is 2. The zero-order valence-electron chi connectivity index (χ0n) is 13.9. The second kappa shape index (κ2) is 6.05. The van der Waals surface area contributed by atoms with Gasteiger partial charge in [-0.05, 0) is 36.1 Å². The van der Waals surface area contributed by atoms with E-state index in [0.717, 1.165) is 12.1 Å². The molecule has 0 aromatic heterocycles. The minimum atomic E-state index is -0.257. The fraction of sp³-hybridized carbons (Fsp3) is 0.400. The highest BCUT2D eigenvalue weighted by molar-refractivity contribution is 6.31. The predicted molar refractivity (Wildman–Crippen MR) is 95.1 cm³/mol. The molecule has 0 saturated carbocycles. The van der Waals surface area contributed by atoms with Gasteiger partial charge >= 0.3 is 0 Å². The second-order valence-electron chi connectivity index (χ2n) is 7.00. The summed E-state index contributed by atoms with van der Waals surface area (Å²) in [6.45, 7) is 5.07. The topological polar surface area (TPSA) is 21.3 Å². The van der Waals surface area contributed by atoms with Crippen LogP contribution in [0.3, 0.4) is 0 Å². The highest BCUT2D eigenvalue weighted by atomic mass is 35.5. The van der Waals surface area contributed by atoms with Crippen LogP contribution in [0.1, 0.15) is 55.0 Å². The third kappa shape index (κ3) is 2.51. The third-order valence-corrected chi connectivity index (χ3v) is 5.57. The molecular weight excluding hydrogens is 325 g/mol. The van der Waals surface area contributed by atoms with Crippen LogP contribution in [0.4, 0.5) is 10.1 Å². The molecule has 1 N–H and O–H groups in total. The molecule has 0 spiro atoms. The van der Waals surface area contributed by atoms with E-state index in [9.17, 15) is 4.39 Å². The predicted octanol–water partition coefficient (Wildman–Crippen LogP) is 5.85. The summed E-state index contributed by atoms with van der Waals surface area (Å²) in [4.78, 5) is 0. The van der Waals surface area contributed by atoms with Gasteiger partial charge in [0.05, 0.1) is 12.1 Å². The molecule has 0 amide bonds. The van der Waals surface area contributed by atoms with Gasteiger partial charge in [0, 0.05) is 34.4 Å². The molecule has 3 unspecified atom stereocenters. The van der Waals surface area contributed by atoms with E-state index < -0.39 is 0 Å². The van der Waals surface area contributed by atoms with Crippen LogP contribution in [0.25, 0.3) is 0 Å². The van der Waals surface area contributed by atoms with Crippen molar-refractivity contribution in [1.82, 2.24) is 0 Å². The largest absolute Gasteiger partial charge is 0.377 e. The molecule has 2 aromatic rings. The Morgan fingerprint density at radius 3 is 2.83 bits per heavy atom. The van der Waals surface area contributed by atoms with Gasteiger partial charge in [0.2, 0.25) is 0 Å². The zero-order valence-corrected chi connectivity index (χ0v) is 14.6. The Morgan fingerprint density at radius 2 is 2.08 bits per heavy atom. The first-order valence-corrected chi connectivity index (χ1v) is 8.90. The fourth-order valence-corrected chi connectivity index (χ4v) is 4.22. The van der Waals surface area contributed by atoms with Crippen LogP contribution in [0.15, 0.2) is 36.4 Å². The van der Waals surface area contributed by atoms with Gasteiger partial charge in [0.1, 0.15) is 5.82 Å². The smallest absolute Gasteiger partial charge is 0.129 e. The SMILES string of the molecule is CC(C)c1ccc2c(c1)C1OCCC1C(c1c(F)cccc1Cl)N2. The summed E-state index contributed by atoms with van der Waals surface area (Å²) >= 11 is 6.33. The van der Waals surface area contributed by atoms with E-state index in [2.05, 4.69) is 37.4 Å². The molecule has 3 atom stereocenters. The first kappa shape index (κ1) is 15.9. The van der Waals surface area contributed by atoms with Crippen molar-refractivity contribution < 1.29 is 9.13 Å². The standard InChI is InChI=1S/C20H21ClFNO/c1-11(2)12-6-7-17-14(10-12)20-13(8-9-24-20)19(23-17)18-15(21)4-3-5-16(18)22/h3-7,10-11,13,19-20,23H,8-9H2,1-2H3. The average molecular weight is 346 g/mol. The Morgan fingerprint density at radius 1 is 1.25 bits per heavy atom. The molecule has 0 aliphatic carbocycles. The van der Waals surface area contributed by atoms with Crippen molar-refractivity contribution >= 4 is 17.3 Å².